The molecule has 1 N–H and O–H groups in total. The highest BCUT2D eigenvalue weighted by Gasteiger charge is 2.08. The zero-order valence-electron chi connectivity index (χ0n) is 14.5. The summed E-state index contributed by atoms with van der Waals surface area (Å²) in [5.41, 5.74) is 3.84. The second-order valence-electron chi connectivity index (χ2n) is 6.25. The molecule has 0 aliphatic rings. The smallest absolute Gasteiger partial charge is 0.133 e. The lowest BCUT2D eigenvalue weighted by atomic mass is 10.0. The third kappa shape index (κ3) is 3.72. The first kappa shape index (κ1) is 17.0. The fourth-order valence-corrected chi connectivity index (χ4v) is 3.06. The number of rotatable bonds is 4. The van der Waals surface area contributed by atoms with Crippen LogP contribution >= 0.6 is 0 Å². The molecule has 0 bridgehead atoms. The number of hydrogen-bond donors (Lipinski definition) is 1. The topological polar surface area (TPSA) is 12.0 Å². The van der Waals surface area contributed by atoms with Crippen molar-refractivity contribution in [2.45, 2.75) is 0 Å². The standard InChI is InChI=1S/C24H17F2N/c25-23-15-19(11-13-21(23)17-7-3-1-4-8-17)27-20-12-14-22(24(26)16-20)18-9-5-2-6-10-18/h1-16,27H. The molecule has 4 aromatic carbocycles. The molecule has 1 nitrogen and oxygen atoms in total. The van der Waals surface area contributed by atoms with Crippen LogP contribution < -0.4 is 5.32 Å². The molecule has 0 spiro atoms. The number of hydrogen-bond acceptors (Lipinski definition) is 1. The van der Waals surface area contributed by atoms with E-state index in [1.807, 2.05) is 60.7 Å². The third-order valence-corrected chi connectivity index (χ3v) is 4.40. The normalized spacial score (nSPS) is 10.6. The van der Waals surface area contributed by atoms with Crippen LogP contribution in [-0.4, -0.2) is 0 Å². The number of nitrogens with one attached hydrogen (secondary N) is 1. The maximum absolute atomic E-state index is 14.5. The lowest BCUT2D eigenvalue weighted by molar-refractivity contribution is 0.631. The van der Waals surface area contributed by atoms with Crippen molar-refractivity contribution >= 4 is 11.4 Å². The summed E-state index contributed by atoms with van der Waals surface area (Å²) in [6.07, 6.45) is 0. The van der Waals surface area contributed by atoms with E-state index in [-0.39, 0.29) is 11.6 Å². The molecule has 0 fully saturated rings. The molecule has 0 aliphatic heterocycles. The van der Waals surface area contributed by atoms with Crippen LogP contribution in [0.1, 0.15) is 0 Å². The number of anilines is 2. The predicted molar refractivity (Wildman–Crippen MR) is 107 cm³/mol. The van der Waals surface area contributed by atoms with Gasteiger partial charge in [-0.2, -0.15) is 0 Å². The van der Waals surface area contributed by atoms with E-state index in [2.05, 4.69) is 5.32 Å². The third-order valence-electron chi connectivity index (χ3n) is 4.40. The van der Waals surface area contributed by atoms with Gasteiger partial charge in [0.15, 0.2) is 0 Å². The van der Waals surface area contributed by atoms with Crippen LogP contribution in [0.15, 0.2) is 97.1 Å². The van der Waals surface area contributed by atoms with E-state index < -0.39 is 0 Å². The summed E-state index contributed by atoms with van der Waals surface area (Å²) < 4.78 is 29.0. The molecule has 0 aromatic heterocycles. The van der Waals surface area contributed by atoms with E-state index in [0.29, 0.717) is 22.5 Å². The Hall–Kier alpha value is -3.46. The minimum atomic E-state index is -0.326. The molecule has 0 radical (unpaired) electrons. The summed E-state index contributed by atoms with van der Waals surface area (Å²) in [5.74, 6) is -0.653. The Labute approximate surface area is 156 Å². The monoisotopic (exact) mass is 357 g/mol. The molecular formula is C24H17F2N. The number of halogens is 2. The van der Waals surface area contributed by atoms with Gasteiger partial charge in [0.1, 0.15) is 11.6 Å². The average molecular weight is 357 g/mol. The molecule has 4 rings (SSSR count). The van der Waals surface area contributed by atoms with E-state index in [1.54, 1.807) is 24.3 Å². The lowest BCUT2D eigenvalue weighted by Gasteiger charge is -2.11. The fourth-order valence-electron chi connectivity index (χ4n) is 3.06. The van der Waals surface area contributed by atoms with Crippen molar-refractivity contribution in [3.63, 3.8) is 0 Å². The summed E-state index contributed by atoms with van der Waals surface area (Å²) >= 11 is 0. The van der Waals surface area contributed by atoms with Crippen molar-refractivity contribution in [3.8, 4) is 22.3 Å². The summed E-state index contributed by atoms with van der Waals surface area (Å²) in [7, 11) is 0. The highest BCUT2D eigenvalue weighted by Crippen LogP contribution is 2.29. The Morgan fingerprint density at radius 2 is 0.889 bits per heavy atom. The van der Waals surface area contributed by atoms with Crippen LogP contribution in [0.4, 0.5) is 20.2 Å². The van der Waals surface area contributed by atoms with Gasteiger partial charge in [-0.05, 0) is 47.5 Å². The van der Waals surface area contributed by atoms with Crippen LogP contribution in [0.2, 0.25) is 0 Å². The Morgan fingerprint density at radius 3 is 1.26 bits per heavy atom. The van der Waals surface area contributed by atoms with Crippen LogP contribution in [0.5, 0.6) is 0 Å². The first-order chi connectivity index (χ1) is 13.2. The van der Waals surface area contributed by atoms with E-state index in [1.165, 1.54) is 12.1 Å². The van der Waals surface area contributed by atoms with Gasteiger partial charge < -0.3 is 5.32 Å². The van der Waals surface area contributed by atoms with Gasteiger partial charge in [0.25, 0.3) is 0 Å². The van der Waals surface area contributed by atoms with Crippen LogP contribution in [0.3, 0.4) is 0 Å². The van der Waals surface area contributed by atoms with Gasteiger partial charge in [-0.3, -0.25) is 0 Å². The largest absolute Gasteiger partial charge is 0.355 e. The molecule has 0 heterocycles. The van der Waals surface area contributed by atoms with Gasteiger partial charge in [-0.15, -0.1) is 0 Å². The van der Waals surface area contributed by atoms with Gasteiger partial charge in [-0.25, -0.2) is 8.78 Å². The Bertz CT molecular complexity index is 973. The van der Waals surface area contributed by atoms with Crippen molar-refractivity contribution in [1.82, 2.24) is 0 Å². The molecule has 0 atom stereocenters. The van der Waals surface area contributed by atoms with Gasteiger partial charge in [0.05, 0.1) is 0 Å². The maximum atomic E-state index is 14.5. The summed E-state index contributed by atoms with van der Waals surface area (Å²) in [6, 6.07) is 28.6. The quantitative estimate of drug-likeness (QED) is 0.413. The predicted octanol–water partition coefficient (Wildman–Crippen LogP) is 7.04. The van der Waals surface area contributed by atoms with Crippen LogP contribution in [0, 0.1) is 11.6 Å². The molecule has 3 heteroatoms. The van der Waals surface area contributed by atoms with Crippen molar-refractivity contribution in [2.75, 3.05) is 5.32 Å². The summed E-state index contributed by atoms with van der Waals surface area (Å²) in [5, 5.41) is 3.06. The average Bonchev–Trinajstić information content (AvgIpc) is 2.70. The first-order valence-corrected chi connectivity index (χ1v) is 8.68. The van der Waals surface area contributed by atoms with Gasteiger partial charge in [-0.1, -0.05) is 60.7 Å². The minimum Gasteiger partial charge on any atom is -0.355 e. The van der Waals surface area contributed by atoms with Crippen molar-refractivity contribution < 1.29 is 8.78 Å². The van der Waals surface area contributed by atoms with Crippen molar-refractivity contribution in [2.24, 2.45) is 0 Å². The van der Waals surface area contributed by atoms with Crippen LogP contribution in [-0.2, 0) is 0 Å². The molecule has 0 aliphatic carbocycles. The van der Waals surface area contributed by atoms with Crippen molar-refractivity contribution in [3.05, 3.63) is 109 Å². The molecule has 132 valence electrons. The zero-order chi connectivity index (χ0) is 18.6. The molecular weight excluding hydrogens is 340 g/mol. The number of benzene rings is 4. The molecule has 0 unspecified atom stereocenters. The maximum Gasteiger partial charge on any atom is 0.133 e. The van der Waals surface area contributed by atoms with E-state index in [9.17, 15) is 8.78 Å². The van der Waals surface area contributed by atoms with E-state index in [0.717, 1.165) is 11.1 Å². The highest BCUT2D eigenvalue weighted by molar-refractivity contribution is 5.71. The van der Waals surface area contributed by atoms with E-state index in [4.69, 9.17) is 0 Å². The highest BCUT2D eigenvalue weighted by atomic mass is 19.1. The summed E-state index contributed by atoms with van der Waals surface area (Å²) in [4.78, 5) is 0. The molecule has 27 heavy (non-hydrogen) atoms. The summed E-state index contributed by atoms with van der Waals surface area (Å²) in [6.45, 7) is 0. The molecule has 0 saturated carbocycles. The lowest BCUT2D eigenvalue weighted by Crippen LogP contribution is -1.94. The second kappa shape index (κ2) is 7.42. The Morgan fingerprint density at radius 1 is 0.481 bits per heavy atom. The molecule has 0 amide bonds. The Balaban J connectivity index is 1.58. The van der Waals surface area contributed by atoms with Gasteiger partial charge in [0, 0.05) is 22.5 Å². The first-order valence-electron chi connectivity index (χ1n) is 8.68. The van der Waals surface area contributed by atoms with Gasteiger partial charge >= 0.3 is 0 Å². The second-order valence-corrected chi connectivity index (χ2v) is 6.25. The zero-order valence-corrected chi connectivity index (χ0v) is 14.5. The molecule has 0 saturated heterocycles. The van der Waals surface area contributed by atoms with Crippen LogP contribution in [0.25, 0.3) is 22.3 Å². The van der Waals surface area contributed by atoms with E-state index >= 15 is 0 Å². The fraction of sp³-hybridized carbons (Fsp3) is 0. The minimum absolute atomic E-state index is 0.326. The Kier molecular flexibility index (Phi) is 4.67. The SMILES string of the molecule is Fc1cc(Nc2ccc(-c3ccccc3)c(F)c2)ccc1-c1ccccc1. The van der Waals surface area contributed by atoms with Gasteiger partial charge in [0.2, 0.25) is 0 Å². The van der Waals surface area contributed by atoms with Crippen molar-refractivity contribution in [1.29, 1.82) is 0 Å². The molecule has 4 aromatic rings.